The number of benzene rings is 3. The molecule has 0 aliphatic carbocycles. The fourth-order valence-corrected chi connectivity index (χ4v) is 5.82. The quantitative estimate of drug-likeness (QED) is 0.174. The highest BCUT2D eigenvalue weighted by Gasteiger charge is 2.18. The highest BCUT2D eigenvalue weighted by molar-refractivity contribution is 5.94. The predicted octanol–water partition coefficient (Wildman–Crippen LogP) is 8.22. The molecule has 3 N–H and O–H groups in total. The lowest BCUT2D eigenvalue weighted by Gasteiger charge is -2.19. The lowest BCUT2D eigenvalue weighted by molar-refractivity contribution is 0.618. The van der Waals surface area contributed by atoms with Gasteiger partial charge in [0.1, 0.15) is 23.3 Å². The average Bonchev–Trinajstić information content (AvgIpc) is 3.55. The number of nitrogen functional groups attached to an aromatic ring is 1. The zero-order valence-electron chi connectivity index (χ0n) is 26.2. The second-order valence-corrected chi connectivity index (χ2v) is 11.8. The van der Waals surface area contributed by atoms with Crippen molar-refractivity contribution in [1.29, 1.82) is 0 Å². The highest BCUT2D eigenvalue weighted by atomic mass is 19.1. The molecule has 0 amide bonds. The van der Waals surface area contributed by atoms with Crippen molar-refractivity contribution >= 4 is 28.2 Å². The van der Waals surface area contributed by atoms with Gasteiger partial charge in [-0.25, -0.2) is 18.7 Å². The Labute approximate surface area is 275 Å². The molecular formula is C38H31F2N7O. The van der Waals surface area contributed by atoms with Crippen molar-refractivity contribution in [3.8, 4) is 33.4 Å². The van der Waals surface area contributed by atoms with E-state index >= 15 is 4.39 Å². The van der Waals surface area contributed by atoms with Crippen molar-refractivity contribution in [2.75, 3.05) is 11.1 Å². The summed E-state index contributed by atoms with van der Waals surface area (Å²) in [5.74, 6) is -0.457. The molecule has 0 saturated heterocycles. The van der Waals surface area contributed by atoms with Gasteiger partial charge in [0, 0.05) is 64.3 Å². The molecule has 0 unspecified atom stereocenters. The third-order valence-electron chi connectivity index (χ3n) is 8.25. The van der Waals surface area contributed by atoms with Crippen LogP contribution in [0, 0.1) is 11.6 Å². The Balaban J connectivity index is 1.22. The summed E-state index contributed by atoms with van der Waals surface area (Å²) in [6.45, 7) is 4.63. The van der Waals surface area contributed by atoms with Gasteiger partial charge in [-0.1, -0.05) is 42.5 Å². The molecule has 10 heteroatoms. The van der Waals surface area contributed by atoms with Crippen molar-refractivity contribution in [1.82, 2.24) is 24.3 Å². The van der Waals surface area contributed by atoms with Gasteiger partial charge in [-0.05, 0) is 67.4 Å². The van der Waals surface area contributed by atoms with Gasteiger partial charge in [0.15, 0.2) is 0 Å². The number of rotatable bonds is 8. The predicted molar refractivity (Wildman–Crippen MR) is 186 cm³/mol. The van der Waals surface area contributed by atoms with Crippen molar-refractivity contribution in [2.45, 2.75) is 26.4 Å². The molecule has 0 spiro atoms. The topological polar surface area (TPSA) is 104 Å². The molecular weight excluding hydrogens is 608 g/mol. The Morgan fingerprint density at radius 3 is 2.35 bits per heavy atom. The standard InChI is InChI=1S/C38H31F2N7O/c1-23(2)47-22-32(25-8-10-28(39)11-9-25)36(48)35-34(47)14-15-42-38(35)45-29-12-13-30(33(40)17-29)31-16-26(18-43-37(31)41)27-19-44-46(21-27)20-24-6-4-3-5-7-24/h3-19,21-23H,20H2,1-2H3,(H2,41,43)(H,42,45). The Kier molecular flexibility index (Phi) is 7.98. The van der Waals surface area contributed by atoms with E-state index in [1.807, 2.05) is 59.6 Å². The minimum absolute atomic E-state index is 0.00677. The second kappa shape index (κ2) is 12.6. The van der Waals surface area contributed by atoms with Crippen LogP contribution in [0.1, 0.15) is 25.5 Å². The SMILES string of the molecule is CC(C)n1cc(-c2ccc(F)cc2)c(=O)c2c(Nc3ccc(-c4cc(-c5cnn(Cc6ccccc6)c5)cnc4N)c(F)c3)nccc21. The van der Waals surface area contributed by atoms with E-state index in [1.165, 1.54) is 18.2 Å². The maximum absolute atomic E-state index is 15.8. The van der Waals surface area contributed by atoms with E-state index in [1.54, 1.807) is 61.2 Å². The van der Waals surface area contributed by atoms with Crippen LogP contribution in [-0.4, -0.2) is 24.3 Å². The Hall–Kier alpha value is -6.16. The zero-order valence-corrected chi connectivity index (χ0v) is 26.2. The maximum atomic E-state index is 15.8. The number of nitrogens with two attached hydrogens (primary N) is 1. The molecule has 8 nitrogen and oxygen atoms in total. The van der Waals surface area contributed by atoms with E-state index in [0.717, 1.165) is 16.7 Å². The van der Waals surface area contributed by atoms with E-state index < -0.39 is 11.6 Å². The fraction of sp³-hybridized carbons (Fsp3) is 0.105. The Morgan fingerprint density at radius 2 is 1.60 bits per heavy atom. The molecule has 48 heavy (non-hydrogen) atoms. The molecule has 4 heterocycles. The van der Waals surface area contributed by atoms with Crippen molar-refractivity contribution in [3.63, 3.8) is 0 Å². The number of aromatic nitrogens is 5. The van der Waals surface area contributed by atoms with Crippen LogP contribution in [0.15, 0.2) is 121 Å². The lowest BCUT2D eigenvalue weighted by atomic mass is 10.0. The van der Waals surface area contributed by atoms with Gasteiger partial charge >= 0.3 is 0 Å². The van der Waals surface area contributed by atoms with E-state index in [-0.39, 0.29) is 28.7 Å². The minimum atomic E-state index is -0.530. The fourth-order valence-electron chi connectivity index (χ4n) is 5.82. The molecule has 0 bridgehead atoms. The molecule has 0 saturated carbocycles. The largest absolute Gasteiger partial charge is 0.383 e. The Morgan fingerprint density at radius 1 is 0.812 bits per heavy atom. The zero-order chi connectivity index (χ0) is 33.4. The van der Waals surface area contributed by atoms with E-state index in [9.17, 15) is 9.18 Å². The monoisotopic (exact) mass is 639 g/mol. The summed E-state index contributed by atoms with van der Waals surface area (Å²) in [4.78, 5) is 22.7. The summed E-state index contributed by atoms with van der Waals surface area (Å²) < 4.78 is 33.3. The molecule has 7 aromatic rings. The van der Waals surface area contributed by atoms with Crippen LogP contribution in [0.3, 0.4) is 0 Å². The first-order valence-corrected chi connectivity index (χ1v) is 15.4. The van der Waals surface area contributed by atoms with Gasteiger partial charge in [0.2, 0.25) is 5.43 Å². The first kappa shape index (κ1) is 30.5. The number of nitrogens with one attached hydrogen (secondary N) is 1. The van der Waals surface area contributed by atoms with Gasteiger partial charge in [-0.3, -0.25) is 9.48 Å². The summed E-state index contributed by atoms with van der Waals surface area (Å²) in [6, 6.07) is 24.0. The third-order valence-corrected chi connectivity index (χ3v) is 8.25. The molecule has 7 rings (SSSR count). The smallest absolute Gasteiger partial charge is 0.200 e. The molecule has 3 aromatic carbocycles. The van der Waals surface area contributed by atoms with Crippen LogP contribution < -0.4 is 16.5 Å². The van der Waals surface area contributed by atoms with Crippen LogP contribution in [0.25, 0.3) is 44.3 Å². The number of hydrogen-bond acceptors (Lipinski definition) is 6. The van der Waals surface area contributed by atoms with Gasteiger partial charge in [-0.2, -0.15) is 5.10 Å². The highest BCUT2D eigenvalue weighted by Crippen LogP contribution is 2.34. The van der Waals surface area contributed by atoms with Gasteiger partial charge in [-0.15, -0.1) is 0 Å². The first-order chi connectivity index (χ1) is 23.2. The molecule has 0 radical (unpaired) electrons. The van der Waals surface area contributed by atoms with Gasteiger partial charge in [0.05, 0.1) is 23.6 Å². The molecule has 0 atom stereocenters. The maximum Gasteiger partial charge on any atom is 0.200 e. The van der Waals surface area contributed by atoms with Crippen LogP contribution >= 0.6 is 0 Å². The van der Waals surface area contributed by atoms with Crippen LogP contribution in [0.2, 0.25) is 0 Å². The third kappa shape index (κ3) is 5.91. The summed E-state index contributed by atoms with van der Waals surface area (Å²) >= 11 is 0. The van der Waals surface area contributed by atoms with E-state index in [2.05, 4.69) is 20.4 Å². The number of nitrogens with zero attached hydrogens (tertiary/aromatic N) is 5. The first-order valence-electron chi connectivity index (χ1n) is 15.4. The molecule has 238 valence electrons. The lowest BCUT2D eigenvalue weighted by Crippen LogP contribution is -2.15. The van der Waals surface area contributed by atoms with Crippen LogP contribution in [-0.2, 0) is 6.54 Å². The molecule has 0 aliphatic rings. The molecule has 0 aliphatic heterocycles. The number of anilines is 3. The molecule has 0 fully saturated rings. The van der Waals surface area contributed by atoms with Crippen molar-refractivity contribution < 1.29 is 8.78 Å². The van der Waals surface area contributed by atoms with Crippen molar-refractivity contribution in [3.05, 3.63) is 143 Å². The van der Waals surface area contributed by atoms with Gasteiger partial charge < -0.3 is 15.6 Å². The Bertz CT molecular complexity index is 2330. The molecule has 4 aromatic heterocycles. The number of hydrogen-bond donors (Lipinski definition) is 2. The van der Waals surface area contributed by atoms with Crippen LogP contribution in [0.5, 0.6) is 0 Å². The average molecular weight is 640 g/mol. The van der Waals surface area contributed by atoms with Crippen LogP contribution in [0.4, 0.5) is 26.1 Å². The van der Waals surface area contributed by atoms with E-state index in [4.69, 9.17) is 5.73 Å². The second-order valence-electron chi connectivity index (χ2n) is 11.8. The normalized spacial score (nSPS) is 11.4. The number of pyridine rings is 3. The summed E-state index contributed by atoms with van der Waals surface area (Å²) in [5, 5.41) is 7.97. The number of fused-ring (bicyclic) bond motifs is 1. The van der Waals surface area contributed by atoms with Gasteiger partial charge in [0.25, 0.3) is 0 Å². The van der Waals surface area contributed by atoms with E-state index in [0.29, 0.717) is 39.8 Å². The number of halogens is 2. The summed E-state index contributed by atoms with van der Waals surface area (Å²) in [5.41, 5.74) is 11.4. The summed E-state index contributed by atoms with van der Waals surface area (Å²) in [7, 11) is 0. The minimum Gasteiger partial charge on any atom is -0.383 e. The van der Waals surface area contributed by atoms with Crippen molar-refractivity contribution in [2.24, 2.45) is 0 Å². The summed E-state index contributed by atoms with van der Waals surface area (Å²) in [6.07, 6.45) is 8.69.